The first-order valence-corrected chi connectivity index (χ1v) is 9.58. The van der Waals surface area contributed by atoms with Crippen molar-refractivity contribution in [2.45, 2.75) is 19.5 Å². The SMILES string of the molecule is CN1CCN(Cc2cc(CN(C)CC3CCN(C)C3)ccc2O)CC1. The summed E-state index contributed by atoms with van der Waals surface area (Å²) in [7, 11) is 6.60. The molecule has 0 bridgehead atoms. The van der Waals surface area contributed by atoms with Gasteiger partial charge in [-0.1, -0.05) is 6.07 Å². The average molecular weight is 347 g/mol. The number of hydrogen-bond donors (Lipinski definition) is 1. The van der Waals surface area contributed by atoms with Gasteiger partial charge in [0.15, 0.2) is 0 Å². The Bertz CT molecular complexity index is 557. The Hall–Kier alpha value is -1.14. The van der Waals surface area contributed by atoms with Crippen LogP contribution in [0.1, 0.15) is 17.5 Å². The molecule has 1 aromatic carbocycles. The van der Waals surface area contributed by atoms with Gasteiger partial charge in [-0.25, -0.2) is 0 Å². The van der Waals surface area contributed by atoms with E-state index < -0.39 is 0 Å². The van der Waals surface area contributed by atoms with Crippen molar-refractivity contribution in [2.75, 3.05) is 67.0 Å². The lowest BCUT2D eigenvalue weighted by molar-refractivity contribution is 0.147. The highest BCUT2D eigenvalue weighted by Crippen LogP contribution is 2.22. The van der Waals surface area contributed by atoms with Gasteiger partial charge in [0.2, 0.25) is 0 Å². The number of hydrogen-bond acceptors (Lipinski definition) is 5. The van der Waals surface area contributed by atoms with E-state index in [9.17, 15) is 5.11 Å². The standard InChI is InChI=1S/C20H34N4O/c1-21-8-10-24(11-9-21)16-19-12-17(4-5-20(19)25)13-23(3)15-18-6-7-22(2)14-18/h4-5,12,18,25H,6-11,13-16H2,1-3H3. The number of benzene rings is 1. The van der Waals surface area contributed by atoms with Crippen LogP contribution in [-0.2, 0) is 13.1 Å². The van der Waals surface area contributed by atoms with E-state index in [1.807, 2.05) is 6.07 Å². The molecule has 5 nitrogen and oxygen atoms in total. The van der Waals surface area contributed by atoms with E-state index in [-0.39, 0.29) is 0 Å². The monoisotopic (exact) mass is 346 g/mol. The van der Waals surface area contributed by atoms with Crippen LogP contribution < -0.4 is 0 Å². The van der Waals surface area contributed by atoms with Gasteiger partial charge < -0.3 is 19.8 Å². The highest BCUT2D eigenvalue weighted by Gasteiger charge is 2.21. The minimum absolute atomic E-state index is 0.433. The van der Waals surface area contributed by atoms with Gasteiger partial charge in [-0.15, -0.1) is 0 Å². The van der Waals surface area contributed by atoms with Crippen LogP contribution in [0.3, 0.4) is 0 Å². The van der Waals surface area contributed by atoms with Crippen molar-refractivity contribution in [3.63, 3.8) is 0 Å². The Labute approximate surface area is 152 Å². The number of piperazine rings is 1. The Morgan fingerprint density at radius 1 is 1.08 bits per heavy atom. The van der Waals surface area contributed by atoms with E-state index in [0.717, 1.165) is 57.3 Å². The predicted molar refractivity (Wildman–Crippen MR) is 103 cm³/mol. The summed E-state index contributed by atoms with van der Waals surface area (Å²) in [5.41, 5.74) is 2.37. The van der Waals surface area contributed by atoms with Crippen LogP contribution in [0.2, 0.25) is 0 Å². The van der Waals surface area contributed by atoms with E-state index in [4.69, 9.17) is 0 Å². The van der Waals surface area contributed by atoms with Gasteiger partial charge in [0.1, 0.15) is 5.75 Å². The maximum Gasteiger partial charge on any atom is 0.120 e. The average Bonchev–Trinajstić information content (AvgIpc) is 2.97. The highest BCUT2D eigenvalue weighted by molar-refractivity contribution is 5.36. The van der Waals surface area contributed by atoms with E-state index in [1.54, 1.807) is 0 Å². The zero-order valence-corrected chi connectivity index (χ0v) is 16.1. The van der Waals surface area contributed by atoms with Crippen LogP contribution in [0.4, 0.5) is 0 Å². The molecule has 2 fully saturated rings. The van der Waals surface area contributed by atoms with Gasteiger partial charge >= 0.3 is 0 Å². The number of phenolic OH excluding ortho intramolecular Hbond substituents is 1. The van der Waals surface area contributed by atoms with Crippen molar-refractivity contribution in [3.8, 4) is 5.75 Å². The smallest absolute Gasteiger partial charge is 0.120 e. The van der Waals surface area contributed by atoms with Crippen LogP contribution in [0.5, 0.6) is 5.75 Å². The van der Waals surface area contributed by atoms with Gasteiger partial charge in [0, 0.05) is 57.9 Å². The van der Waals surface area contributed by atoms with Crippen molar-refractivity contribution in [3.05, 3.63) is 29.3 Å². The van der Waals surface area contributed by atoms with Crippen LogP contribution in [0, 0.1) is 5.92 Å². The van der Waals surface area contributed by atoms with Gasteiger partial charge in [-0.2, -0.15) is 0 Å². The molecule has 140 valence electrons. The molecule has 1 N–H and O–H groups in total. The van der Waals surface area contributed by atoms with E-state index >= 15 is 0 Å². The first kappa shape index (κ1) is 18.6. The van der Waals surface area contributed by atoms with Crippen molar-refractivity contribution < 1.29 is 5.11 Å². The second kappa shape index (κ2) is 8.49. The molecule has 0 aromatic heterocycles. The molecule has 2 heterocycles. The second-order valence-electron chi connectivity index (χ2n) is 8.16. The molecule has 5 heteroatoms. The highest BCUT2D eigenvalue weighted by atomic mass is 16.3. The second-order valence-corrected chi connectivity index (χ2v) is 8.16. The summed E-state index contributed by atoms with van der Waals surface area (Å²) >= 11 is 0. The fraction of sp³-hybridized carbons (Fsp3) is 0.700. The summed E-state index contributed by atoms with van der Waals surface area (Å²) in [4.78, 5) is 9.65. The Balaban J connectivity index is 1.55. The van der Waals surface area contributed by atoms with Crippen LogP contribution in [0.15, 0.2) is 18.2 Å². The molecule has 0 saturated carbocycles. The summed E-state index contributed by atoms with van der Waals surface area (Å²) in [5, 5.41) is 10.3. The Morgan fingerprint density at radius 3 is 2.52 bits per heavy atom. The zero-order valence-electron chi connectivity index (χ0n) is 16.1. The maximum atomic E-state index is 10.3. The quantitative estimate of drug-likeness (QED) is 0.845. The molecule has 25 heavy (non-hydrogen) atoms. The molecule has 0 amide bonds. The molecule has 2 aliphatic rings. The van der Waals surface area contributed by atoms with Crippen molar-refractivity contribution in [2.24, 2.45) is 5.92 Å². The first-order valence-electron chi connectivity index (χ1n) is 9.58. The Kier molecular flexibility index (Phi) is 6.34. The molecular formula is C20H34N4O. The van der Waals surface area contributed by atoms with E-state index in [0.29, 0.717) is 5.75 Å². The summed E-state index contributed by atoms with van der Waals surface area (Å²) in [6, 6.07) is 6.14. The van der Waals surface area contributed by atoms with Gasteiger partial charge in [0.05, 0.1) is 0 Å². The fourth-order valence-electron chi connectivity index (χ4n) is 4.10. The van der Waals surface area contributed by atoms with Crippen molar-refractivity contribution in [1.29, 1.82) is 0 Å². The van der Waals surface area contributed by atoms with Crippen molar-refractivity contribution >= 4 is 0 Å². The molecule has 2 aliphatic heterocycles. The summed E-state index contributed by atoms with van der Waals surface area (Å²) in [6.45, 7) is 9.78. The topological polar surface area (TPSA) is 33.2 Å². The molecule has 2 saturated heterocycles. The van der Waals surface area contributed by atoms with Gasteiger partial charge in [-0.05, 0) is 57.7 Å². The molecule has 0 spiro atoms. The van der Waals surface area contributed by atoms with E-state index in [2.05, 4.69) is 52.9 Å². The minimum atomic E-state index is 0.433. The van der Waals surface area contributed by atoms with E-state index in [1.165, 1.54) is 25.1 Å². The maximum absolute atomic E-state index is 10.3. The lowest BCUT2D eigenvalue weighted by atomic mass is 10.1. The van der Waals surface area contributed by atoms with Crippen LogP contribution >= 0.6 is 0 Å². The van der Waals surface area contributed by atoms with Gasteiger partial charge in [-0.3, -0.25) is 4.90 Å². The van der Waals surface area contributed by atoms with Crippen LogP contribution in [-0.4, -0.2) is 91.7 Å². The number of likely N-dealkylation sites (tertiary alicyclic amines) is 1. The minimum Gasteiger partial charge on any atom is -0.508 e. The number of likely N-dealkylation sites (N-methyl/N-ethyl adjacent to an activating group) is 1. The Morgan fingerprint density at radius 2 is 1.84 bits per heavy atom. The summed E-state index contributed by atoms with van der Waals surface area (Å²) < 4.78 is 0. The van der Waals surface area contributed by atoms with Crippen molar-refractivity contribution in [1.82, 2.24) is 19.6 Å². The fourth-order valence-corrected chi connectivity index (χ4v) is 4.10. The zero-order chi connectivity index (χ0) is 17.8. The summed E-state index contributed by atoms with van der Waals surface area (Å²) in [5.74, 6) is 1.22. The number of phenols is 1. The molecule has 1 unspecified atom stereocenters. The third-order valence-corrected chi connectivity index (χ3v) is 5.65. The van der Waals surface area contributed by atoms with Gasteiger partial charge in [0.25, 0.3) is 0 Å². The first-order chi connectivity index (χ1) is 12.0. The predicted octanol–water partition coefficient (Wildman–Crippen LogP) is 1.52. The lowest BCUT2D eigenvalue weighted by Crippen LogP contribution is -2.43. The number of aromatic hydroxyl groups is 1. The normalized spacial score (nSPS) is 23.6. The molecular weight excluding hydrogens is 312 g/mol. The number of nitrogens with zero attached hydrogens (tertiary/aromatic N) is 4. The number of rotatable bonds is 6. The lowest BCUT2D eigenvalue weighted by Gasteiger charge is -2.32. The van der Waals surface area contributed by atoms with Crippen LogP contribution in [0.25, 0.3) is 0 Å². The molecule has 3 rings (SSSR count). The summed E-state index contributed by atoms with van der Waals surface area (Å²) in [6.07, 6.45) is 1.31. The molecule has 0 aliphatic carbocycles. The third-order valence-electron chi connectivity index (χ3n) is 5.65. The third kappa shape index (κ3) is 5.42. The molecule has 0 radical (unpaired) electrons. The molecule has 1 atom stereocenters. The molecule has 1 aromatic rings. The largest absolute Gasteiger partial charge is 0.508 e.